The lowest BCUT2D eigenvalue weighted by Crippen LogP contribution is -1.92. The molecule has 1 heterocycles. The van der Waals surface area contributed by atoms with Gasteiger partial charge in [-0.2, -0.15) is 0 Å². The molecule has 2 aromatic carbocycles. The molecule has 18 heavy (non-hydrogen) atoms. The monoisotopic (exact) mass is 258 g/mol. The van der Waals surface area contributed by atoms with Crippen molar-refractivity contribution in [3.63, 3.8) is 0 Å². The number of rotatable bonds is 3. The molecule has 0 amide bonds. The van der Waals surface area contributed by atoms with E-state index < -0.39 is 0 Å². The van der Waals surface area contributed by atoms with Crippen LogP contribution in [0.5, 0.6) is 11.5 Å². The summed E-state index contributed by atoms with van der Waals surface area (Å²) in [7, 11) is 0. The predicted octanol–water partition coefficient (Wildman–Crippen LogP) is 4.24. The highest BCUT2D eigenvalue weighted by Gasteiger charge is 2.17. The smallest absolute Gasteiger partial charge is 0.128 e. The maximum atomic E-state index is 5.75. The molecule has 0 N–H and O–H groups in total. The Morgan fingerprint density at radius 3 is 2.33 bits per heavy atom. The number of thioether (sulfide) groups is 1. The first-order valence-corrected chi connectivity index (χ1v) is 7.03. The van der Waals surface area contributed by atoms with E-state index in [9.17, 15) is 0 Å². The van der Waals surface area contributed by atoms with Gasteiger partial charge in [0.1, 0.15) is 16.9 Å². The van der Waals surface area contributed by atoms with E-state index in [1.807, 2.05) is 54.2 Å². The lowest BCUT2D eigenvalue weighted by Gasteiger charge is -2.10. The summed E-state index contributed by atoms with van der Waals surface area (Å²) in [5.74, 6) is 2.79. The zero-order valence-electron chi connectivity index (χ0n) is 9.91. The van der Waals surface area contributed by atoms with Gasteiger partial charge in [0.25, 0.3) is 0 Å². The molecule has 0 aliphatic carbocycles. The summed E-state index contributed by atoms with van der Waals surface area (Å²) < 4.78 is 11.4. The molecule has 92 valence electrons. The van der Waals surface area contributed by atoms with Crippen molar-refractivity contribution >= 4 is 11.8 Å². The molecular weight excluding hydrogens is 244 g/mol. The summed E-state index contributed by atoms with van der Waals surface area (Å²) in [6.07, 6.45) is 0. The molecule has 2 nitrogen and oxygen atoms in total. The van der Waals surface area contributed by atoms with Crippen LogP contribution >= 0.6 is 11.8 Å². The Morgan fingerprint density at radius 1 is 0.944 bits per heavy atom. The summed E-state index contributed by atoms with van der Waals surface area (Å²) in [6.45, 7) is 0.845. The molecule has 3 heteroatoms. The van der Waals surface area contributed by atoms with Gasteiger partial charge in [-0.3, -0.25) is 0 Å². The summed E-state index contributed by atoms with van der Waals surface area (Å²) >= 11 is 1.84. The van der Waals surface area contributed by atoms with Crippen LogP contribution in [0.15, 0.2) is 54.6 Å². The SMILES string of the molecule is c1ccc(Oc2ccc(C3OCCS3)cc2)cc1. The van der Waals surface area contributed by atoms with Crippen molar-refractivity contribution in [1.29, 1.82) is 0 Å². The Kier molecular flexibility index (Phi) is 3.53. The van der Waals surface area contributed by atoms with Crippen LogP contribution in [0.2, 0.25) is 0 Å². The molecule has 3 rings (SSSR count). The van der Waals surface area contributed by atoms with E-state index in [1.54, 1.807) is 0 Å². The van der Waals surface area contributed by atoms with E-state index in [2.05, 4.69) is 12.1 Å². The van der Waals surface area contributed by atoms with E-state index in [-0.39, 0.29) is 5.44 Å². The Bertz CT molecular complexity index is 490. The van der Waals surface area contributed by atoms with Crippen molar-refractivity contribution in [2.75, 3.05) is 12.4 Å². The second-order valence-electron chi connectivity index (χ2n) is 4.06. The molecule has 1 aliphatic rings. The standard InChI is InChI=1S/C15H14O2S/c1-2-4-13(5-3-1)17-14-8-6-12(7-9-14)15-16-10-11-18-15/h1-9,15H,10-11H2. The highest BCUT2D eigenvalue weighted by molar-refractivity contribution is 7.99. The minimum absolute atomic E-state index is 0.191. The van der Waals surface area contributed by atoms with Crippen molar-refractivity contribution in [1.82, 2.24) is 0 Å². The van der Waals surface area contributed by atoms with Crippen LogP contribution in [0, 0.1) is 0 Å². The number of ether oxygens (including phenoxy) is 2. The van der Waals surface area contributed by atoms with Crippen LogP contribution in [-0.4, -0.2) is 12.4 Å². The molecule has 0 saturated carbocycles. The van der Waals surface area contributed by atoms with Gasteiger partial charge < -0.3 is 9.47 Å². The summed E-state index contributed by atoms with van der Waals surface area (Å²) in [5.41, 5.74) is 1.40. The van der Waals surface area contributed by atoms with Crippen LogP contribution in [0.25, 0.3) is 0 Å². The van der Waals surface area contributed by atoms with Gasteiger partial charge in [-0.25, -0.2) is 0 Å². The van der Waals surface area contributed by atoms with E-state index in [0.29, 0.717) is 0 Å². The fraction of sp³-hybridized carbons (Fsp3) is 0.200. The summed E-state index contributed by atoms with van der Waals surface area (Å²) in [5, 5.41) is 0. The first-order chi connectivity index (χ1) is 8.92. The first-order valence-electron chi connectivity index (χ1n) is 5.98. The average molecular weight is 258 g/mol. The third-order valence-corrected chi connectivity index (χ3v) is 3.87. The minimum Gasteiger partial charge on any atom is -0.457 e. The van der Waals surface area contributed by atoms with Crippen molar-refractivity contribution in [2.24, 2.45) is 0 Å². The second kappa shape index (κ2) is 5.46. The van der Waals surface area contributed by atoms with Gasteiger partial charge >= 0.3 is 0 Å². The fourth-order valence-electron chi connectivity index (χ4n) is 1.87. The lowest BCUT2D eigenvalue weighted by atomic mass is 10.2. The Hall–Kier alpha value is -1.45. The summed E-state index contributed by atoms with van der Waals surface area (Å²) in [4.78, 5) is 0. The maximum Gasteiger partial charge on any atom is 0.128 e. The van der Waals surface area contributed by atoms with Crippen molar-refractivity contribution in [3.05, 3.63) is 60.2 Å². The van der Waals surface area contributed by atoms with E-state index in [4.69, 9.17) is 9.47 Å². The van der Waals surface area contributed by atoms with Gasteiger partial charge in [-0.05, 0) is 29.8 Å². The topological polar surface area (TPSA) is 18.5 Å². The second-order valence-corrected chi connectivity index (χ2v) is 5.23. The molecule has 1 atom stereocenters. The molecular formula is C15H14O2S. The van der Waals surface area contributed by atoms with Gasteiger partial charge in [-0.1, -0.05) is 30.3 Å². The Balaban J connectivity index is 1.71. The van der Waals surface area contributed by atoms with Crippen LogP contribution in [-0.2, 0) is 4.74 Å². The number of hydrogen-bond acceptors (Lipinski definition) is 3. The average Bonchev–Trinajstić information content (AvgIpc) is 2.95. The van der Waals surface area contributed by atoms with Gasteiger partial charge in [0, 0.05) is 5.75 Å². The van der Waals surface area contributed by atoms with E-state index in [0.717, 1.165) is 23.9 Å². The van der Waals surface area contributed by atoms with E-state index in [1.165, 1.54) is 5.56 Å². The van der Waals surface area contributed by atoms with Crippen LogP contribution in [0.4, 0.5) is 0 Å². The molecule has 2 aromatic rings. The van der Waals surface area contributed by atoms with Gasteiger partial charge in [0.2, 0.25) is 0 Å². The maximum absolute atomic E-state index is 5.75. The van der Waals surface area contributed by atoms with Crippen LogP contribution in [0.3, 0.4) is 0 Å². The molecule has 1 fully saturated rings. The summed E-state index contributed by atoms with van der Waals surface area (Å²) in [6, 6.07) is 17.9. The quantitative estimate of drug-likeness (QED) is 0.820. The Morgan fingerprint density at radius 2 is 1.67 bits per heavy atom. The highest BCUT2D eigenvalue weighted by atomic mass is 32.2. The molecule has 1 unspecified atom stereocenters. The fourth-order valence-corrected chi connectivity index (χ4v) is 2.82. The Labute approximate surface area is 111 Å². The highest BCUT2D eigenvalue weighted by Crippen LogP contribution is 2.35. The van der Waals surface area contributed by atoms with Crippen molar-refractivity contribution in [3.8, 4) is 11.5 Å². The number of hydrogen-bond donors (Lipinski definition) is 0. The number of para-hydroxylation sites is 1. The molecule has 1 saturated heterocycles. The minimum atomic E-state index is 0.191. The largest absolute Gasteiger partial charge is 0.457 e. The zero-order chi connectivity index (χ0) is 12.2. The van der Waals surface area contributed by atoms with Gasteiger partial charge in [0.15, 0.2) is 0 Å². The lowest BCUT2D eigenvalue weighted by molar-refractivity contribution is 0.145. The molecule has 0 aromatic heterocycles. The molecule has 1 aliphatic heterocycles. The van der Waals surface area contributed by atoms with Crippen LogP contribution in [0.1, 0.15) is 11.0 Å². The van der Waals surface area contributed by atoms with E-state index >= 15 is 0 Å². The van der Waals surface area contributed by atoms with Crippen molar-refractivity contribution in [2.45, 2.75) is 5.44 Å². The first kappa shape index (κ1) is 11.6. The third kappa shape index (κ3) is 2.68. The molecule has 0 radical (unpaired) electrons. The number of benzene rings is 2. The van der Waals surface area contributed by atoms with Crippen molar-refractivity contribution < 1.29 is 9.47 Å². The van der Waals surface area contributed by atoms with Gasteiger partial charge in [0.05, 0.1) is 6.61 Å². The predicted molar refractivity (Wildman–Crippen MR) is 74.1 cm³/mol. The normalized spacial score (nSPS) is 18.8. The zero-order valence-corrected chi connectivity index (χ0v) is 10.7. The third-order valence-electron chi connectivity index (χ3n) is 2.75. The van der Waals surface area contributed by atoms with Gasteiger partial charge in [-0.15, -0.1) is 11.8 Å². The van der Waals surface area contributed by atoms with Crippen LogP contribution < -0.4 is 4.74 Å². The molecule has 0 spiro atoms. The molecule has 0 bridgehead atoms.